The van der Waals surface area contributed by atoms with E-state index in [1.54, 1.807) is 0 Å². The lowest BCUT2D eigenvalue weighted by atomic mass is 10.2. The summed E-state index contributed by atoms with van der Waals surface area (Å²) in [5, 5.41) is 0. The summed E-state index contributed by atoms with van der Waals surface area (Å²) < 4.78 is 14.6. The molecule has 0 radical (unpaired) electrons. The molecular formula is C14H14O6. The highest BCUT2D eigenvalue weighted by Crippen LogP contribution is 2.14. The molecule has 0 unspecified atom stereocenters. The molecule has 1 aromatic rings. The van der Waals surface area contributed by atoms with E-state index in [9.17, 15) is 14.4 Å². The Hall–Kier alpha value is -2.37. The molecule has 2 rings (SSSR count). The summed E-state index contributed by atoms with van der Waals surface area (Å²) in [6.45, 7) is 1.51. The zero-order valence-corrected chi connectivity index (χ0v) is 10.9. The van der Waals surface area contributed by atoms with Crippen molar-refractivity contribution in [3.05, 3.63) is 35.9 Å². The van der Waals surface area contributed by atoms with Crippen molar-refractivity contribution >= 4 is 17.9 Å². The molecule has 20 heavy (non-hydrogen) atoms. The lowest BCUT2D eigenvalue weighted by Crippen LogP contribution is -2.43. The molecule has 0 spiro atoms. The quantitative estimate of drug-likeness (QED) is 0.603. The van der Waals surface area contributed by atoms with Gasteiger partial charge in [0.05, 0.1) is 6.42 Å². The summed E-state index contributed by atoms with van der Waals surface area (Å²) in [6.07, 6.45) is -2.49. The number of rotatable bonds is 4. The molecule has 0 N–H and O–H groups in total. The first-order valence-electron chi connectivity index (χ1n) is 6.17. The maximum Gasteiger partial charge on any atom is 0.348 e. The van der Waals surface area contributed by atoms with Gasteiger partial charge in [-0.3, -0.25) is 4.79 Å². The van der Waals surface area contributed by atoms with Gasteiger partial charge in [0.15, 0.2) is 6.10 Å². The van der Waals surface area contributed by atoms with Gasteiger partial charge in [0.25, 0.3) is 0 Å². The first-order chi connectivity index (χ1) is 9.56. The Kier molecular flexibility index (Phi) is 4.34. The molecule has 1 aliphatic heterocycles. The smallest absolute Gasteiger partial charge is 0.348 e. The molecule has 1 aromatic carbocycles. The fraction of sp³-hybridized carbons (Fsp3) is 0.357. The summed E-state index contributed by atoms with van der Waals surface area (Å²) in [6, 6.07) is 9.12. The van der Waals surface area contributed by atoms with Crippen molar-refractivity contribution in [2.24, 2.45) is 0 Å². The van der Waals surface area contributed by atoms with Crippen molar-refractivity contribution in [3.8, 4) is 0 Å². The minimum Gasteiger partial charge on any atom is -0.461 e. The lowest BCUT2D eigenvalue weighted by molar-refractivity contribution is -0.195. The van der Waals surface area contributed by atoms with E-state index >= 15 is 0 Å². The molecule has 106 valence electrons. The predicted octanol–water partition coefficient (Wildman–Crippen LogP) is 0.977. The van der Waals surface area contributed by atoms with Crippen LogP contribution in [-0.4, -0.2) is 30.1 Å². The SMILES string of the molecule is C[C@@H]1OC(=O)[C@H](CC(=O)OCc2ccccc2)OC1=O. The number of ether oxygens (including phenoxy) is 3. The van der Waals surface area contributed by atoms with Crippen LogP contribution in [0.15, 0.2) is 30.3 Å². The summed E-state index contributed by atoms with van der Waals surface area (Å²) in [5.41, 5.74) is 0.831. The van der Waals surface area contributed by atoms with Gasteiger partial charge < -0.3 is 14.2 Å². The van der Waals surface area contributed by atoms with Crippen LogP contribution in [0.4, 0.5) is 0 Å². The van der Waals surface area contributed by atoms with Crippen LogP contribution in [0.2, 0.25) is 0 Å². The highest BCUT2D eigenvalue weighted by atomic mass is 16.6. The van der Waals surface area contributed by atoms with E-state index in [4.69, 9.17) is 14.2 Å². The molecule has 1 heterocycles. The Bertz CT molecular complexity index is 510. The normalized spacial score (nSPS) is 21.9. The van der Waals surface area contributed by atoms with Gasteiger partial charge in [0.2, 0.25) is 6.10 Å². The minimum absolute atomic E-state index is 0.103. The van der Waals surface area contributed by atoms with Crippen LogP contribution in [0.3, 0.4) is 0 Å². The average molecular weight is 278 g/mol. The highest BCUT2D eigenvalue weighted by molar-refractivity contribution is 5.89. The number of esters is 3. The van der Waals surface area contributed by atoms with E-state index in [0.29, 0.717) is 0 Å². The van der Waals surface area contributed by atoms with Gasteiger partial charge >= 0.3 is 17.9 Å². The van der Waals surface area contributed by atoms with Gasteiger partial charge in [-0.05, 0) is 12.5 Å². The van der Waals surface area contributed by atoms with Crippen LogP contribution in [0.25, 0.3) is 0 Å². The average Bonchev–Trinajstić information content (AvgIpc) is 2.44. The molecule has 0 amide bonds. The van der Waals surface area contributed by atoms with Gasteiger partial charge in [0, 0.05) is 0 Å². The zero-order chi connectivity index (χ0) is 14.5. The van der Waals surface area contributed by atoms with Crippen molar-refractivity contribution in [1.29, 1.82) is 0 Å². The van der Waals surface area contributed by atoms with Crippen LogP contribution in [0.1, 0.15) is 18.9 Å². The fourth-order valence-electron chi connectivity index (χ4n) is 1.66. The number of carbonyl (C=O) groups excluding carboxylic acids is 3. The number of cyclic esters (lactones) is 2. The van der Waals surface area contributed by atoms with Gasteiger partial charge in [-0.15, -0.1) is 0 Å². The Morgan fingerprint density at radius 1 is 1.15 bits per heavy atom. The Morgan fingerprint density at radius 3 is 2.55 bits per heavy atom. The maximum atomic E-state index is 11.6. The van der Waals surface area contributed by atoms with Crippen LogP contribution in [0.5, 0.6) is 0 Å². The van der Waals surface area contributed by atoms with Crippen LogP contribution in [0, 0.1) is 0 Å². The third-order valence-corrected chi connectivity index (χ3v) is 2.74. The molecule has 0 saturated carbocycles. The van der Waals surface area contributed by atoms with Crippen LogP contribution < -0.4 is 0 Å². The molecular weight excluding hydrogens is 264 g/mol. The summed E-state index contributed by atoms with van der Waals surface area (Å²) in [7, 11) is 0. The second-order valence-electron chi connectivity index (χ2n) is 4.36. The second-order valence-corrected chi connectivity index (χ2v) is 4.36. The fourth-order valence-corrected chi connectivity index (χ4v) is 1.66. The first kappa shape index (κ1) is 14.0. The minimum atomic E-state index is -1.22. The van der Waals surface area contributed by atoms with E-state index in [1.807, 2.05) is 30.3 Å². The van der Waals surface area contributed by atoms with Gasteiger partial charge in [-0.1, -0.05) is 30.3 Å². The molecule has 6 nitrogen and oxygen atoms in total. The van der Waals surface area contributed by atoms with Crippen molar-refractivity contribution in [2.45, 2.75) is 32.2 Å². The molecule has 6 heteroatoms. The van der Waals surface area contributed by atoms with Gasteiger partial charge in [0.1, 0.15) is 6.61 Å². The highest BCUT2D eigenvalue weighted by Gasteiger charge is 2.37. The van der Waals surface area contributed by atoms with Gasteiger partial charge in [-0.25, -0.2) is 9.59 Å². The maximum absolute atomic E-state index is 11.6. The van der Waals surface area contributed by atoms with Crippen LogP contribution >= 0.6 is 0 Å². The molecule has 0 aliphatic carbocycles. The topological polar surface area (TPSA) is 78.9 Å². The Balaban J connectivity index is 1.82. The summed E-state index contributed by atoms with van der Waals surface area (Å²) >= 11 is 0. The molecule has 1 fully saturated rings. The van der Waals surface area contributed by atoms with Crippen molar-refractivity contribution < 1.29 is 28.6 Å². The number of hydrogen-bond donors (Lipinski definition) is 0. The Morgan fingerprint density at radius 2 is 1.85 bits per heavy atom. The first-order valence-corrected chi connectivity index (χ1v) is 6.17. The molecule has 0 bridgehead atoms. The van der Waals surface area contributed by atoms with Crippen LogP contribution in [-0.2, 0) is 35.2 Å². The number of carbonyl (C=O) groups is 3. The third kappa shape index (κ3) is 3.57. The van der Waals surface area contributed by atoms with Crippen molar-refractivity contribution in [2.75, 3.05) is 0 Å². The standard InChI is InChI=1S/C14H14O6/c1-9-13(16)20-11(14(17)19-9)7-12(15)18-8-10-5-3-2-4-6-10/h2-6,9,11H,7-8H2,1H3/t9-,11-/m0/s1. The van der Waals surface area contributed by atoms with E-state index < -0.39 is 30.1 Å². The third-order valence-electron chi connectivity index (χ3n) is 2.74. The molecule has 2 atom stereocenters. The van der Waals surface area contributed by atoms with E-state index in [-0.39, 0.29) is 13.0 Å². The second kappa shape index (κ2) is 6.18. The zero-order valence-electron chi connectivity index (χ0n) is 10.9. The van der Waals surface area contributed by atoms with E-state index in [1.165, 1.54) is 6.92 Å². The molecule has 1 aliphatic rings. The van der Waals surface area contributed by atoms with Crippen molar-refractivity contribution in [1.82, 2.24) is 0 Å². The monoisotopic (exact) mass is 278 g/mol. The van der Waals surface area contributed by atoms with E-state index in [0.717, 1.165) is 5.56 Å². The van der Waals surface area contributed by atoms with E-state index in [2.05, 4.69) is 0 Å². The lowest BCUT2D eigenvalue weighted by Gasteiger charge is -2.24. The summed E-state index contributed by atoms with van der Waals surface area (Å²) in [4.78, 5) is 34.3. The number of hydrogen-bond acceptors (Lipinski definition) is 6. The van der Waals surface area contributed by atoms with Crippen molar-refractivity contribution in [3.63, 3.8) is 0 Å². The van der Waals surface area contributed by atoms with Gasteiger partial charge in [-0.2, -0.15) is 0 Å². The molecule has 0 aromatic heterocycles. The summed E-state index contributed by atoms with van der Waals surface area (Å²) in [5.74, 6) is -2.02. The predicted molar refractivity (Wildman–Crippen MR) is 66.3 cm³/mol. The Labute approximate surface area is 115 Å². The number of benzene rings is 1. The largest absolute Gasteiger partial charge is 0.461 e. The molecule has 1 saturated heterocycles.